The molecule has 0 radical (unpaired) electrons. The first-order valence-corrected chi connectivity index (χ1v) is 9.98. The number of aryl methyl sites for hydroxylation is 1. The lowest BCUT2D eigenvalue weighted by molar-refractivity contribution is 0.0636. The summed E-state index contributed by atoms with van der Waals surface area (Å²) in [5.41, 5.74) is 5.00. The zero-order chi connectivity index (χ0) is 20.0. The standard InChI is InChI=1S/C22H23N5O2/c1-3-25-8-10-26(11-9-25)22(28)19-13-23-21-7-5-17(14-27(19)21)16-4-6-20-18(12-16)24-15(2)29-20/h4-7,12-14H,3,8-11H2,1-2H3. The lowest BCUT2D eigenvalue weighted by Gasteiger charge is -2.33. The second kappa shape index (κ2) is 7.00. The number of carbonyl (C=O) groups is 1. The highest BCUT2D eigenvalue weighted by atomic mass is 16.3. The van der Waals surface area contributed by atoms with Gasteiger partial charge < -0.3 is 14.2 Å². The van der Waals surface area contributed by atoms with E-state index >= 15 is 0 Å². The van der Waals surface area contributed by atoms with Crippen LogP contribution in [0.4, 0.5) is 0 Å². The fourth-order valence-electron chi connectivity index (χ4n) is 3.96. The van der Waals surface area contributed by atoms with Crippen LogP contribution in [0.15, 0.2) is 47.1 Å². The molecule has 1 saturated heterocycles. The minimum Gasteiger partial charge on any atom is -0.441 e. The second-order valence-corrected chi connectivity index (χ2v) is 7.43. The summed E-state index contributed by atoms with van der Waals surface area (Å²) in [7, 11) is 0. The molecule has 0 saturated carbocycles. The SMILES string of the molecule is CCN1CCN(C(=O)c2cnc3ccc(-c4ccc5oc(C)nc5c4)cn23)CC1. The maximum atomic E-state index is 13.1. The number of imidazole rings is 1. The number of carbonyl (C=O) groups excluding carboxylic acids is 1. The molecule has 0 bridgehead atoms. The van der Waals surface area contributed by atoms with Gasteiger partial charge in [0.15, 0.2) is 11.5 Å². The molecule has 0 atom stereocenters. The number of oxazole rings is 1. The third-order valence-electron chi connectivity index (χ3n) is 5.66. The molecule has 148 valence electrons. The van der Waals surface area contributed by atoms with E-state index in [0.29, 0.717) is 11.6 Å². The van der Waals surface area contributed by atoms with E-state index < -0.39 is 0 Å². The highest BCUT2D eigenvalue weighted by Crippen LogP contribution is 2.26. The Balaban J connectivity index is 1.49. The molecule has 1 amide bonds. The summed E-state index contributed by atoms with van der Waals surface area (Å²) in [6.45, 7) is 8.36. The van der Waals surface area contributed by atoms with Crippen LogP contribution < -0.4 is 0 Å². The van der Waals surface area contributed by atoms with Gasteiger partial charge in [0.25, 0.3) is 5.91 Å². The highest BCUT2D eigenvalue weighted by molar-refractivity contribution is 5.93. The Kier molecular flexibility index (Phi) is 4.32. The molecular formula is C22H23N5O2. The maximum Gasteiger partial charge on any atom is 0.272 e. The van der Waals surface area contributed by atoms with Crippen LogP contribution in [-0.4, -0.2) is 62.8 Å². The summed E-state index contributed by atoms with van der Waals surface area (Å²) in [6, 6.07) is 9.91. The van der Waals surface area contributed by atoms with Gasteiger partial charge in [-0.25, -0.2) is 9.97 Å². The van der Waals surface area contributed by atoms with Gasteiger partial charge in [0.2, 0.25) is 0 Å². The first-order chi connectivity index (χ1) is 14.1. The Morgan fingerprint density at radius 2 is 1.90 bits per heavy atom. The lowest BCUT2D eigenvalue weighted by Crippen LogP contribution is -2.48. The monoisotopic (exact) mass is 389 g/mol. The van der Waals surface area contributed by atoms with E-state index in [9.17, 15) is 4.79 Å². The van der Waals surface area contributed by atoms with E-state index in [4.69, 9.17) is 4.42 Å². The van der Waals surface area contributed by atoms with Crippen LogP contribution >= 0.6 is 0 Å². The van der Waals surface area contributed by atoms with Gasteiger partial charge in [0, 0.05) is 39.3 Å². The van der Waals surface area contributed by atoms with Crippen molar-refractivity contribution in [2.24, 2.45) is 0 Å². The number of piperazine rings is 1. The van der Waals surface area contributed by atoms with Crippen LogP contribution in [0.5, 0.6) is 0 Å². The molecule has 1 aliphatic heterocycles. The zero-order valence-electron chi connectivity index (χ0n) is 16.6. The van der Waals surface area contributed by atoms with Crippen LogP contribution in [0.25, 0.3) is 27.9 Å². The molecule has 0 spiro atoms. The van der Waals surface area contributed by atoms with Crippen molar-refractivity contribution in [3.05, 3.63) is 54.3 Å². The number of rotatable bonds is 3. The molecule has 3 aromatic heterocycles. The predicted molar refractivity (Wildman–Crippen MR) is 111 cm³/mol. The summed E-state index contributed by atoms with van der Waals surface area (Å²) in [5, 5.41) is 0. The molecule has 7 heteroatoms. The second-order valence-electron chi connectivity index (χ2n) is 7.43. The summed E-state index contributed by atoms with van der Waals surface area (Å²) in [6.07, 6.45) is 3.66. The van der Waals surface area contributed by atoms with Crippen molar-refractivity contribution in [3.8, 4) is 11.1 Å². The Hall–Kier alpha value is -3.19. The minimum absolute atomic E-state index is 0.0352. The van der Waals surface area contributed by atoms with Gasteiger partial charge in [-0.05, 0) is 41.9 Å². The number of aromatic nitrogens is 3. The van der Waals surface area contributed by atoms with Crippen molar-refractivity contribution in [1.82, 2.24) is 24.2 Å². The van der Waals surface area contributed by atoms with E-state index in [1.165, 1.54) is 0 Å². The molecule has 7 nitrogen and oxygen atoms in total. The fourth-order valence-corrected chi connectivity index (χ4v) is 3.96. The Morgan fingerprint density at radius 1 is 1.10 bits per heavy atom. The van der Waals surface area contributed by atoms with Crippen molar-refractivity contribution < 1.29 is 9.21 Å². The van der Waals surface area contributed by atoms with Crippen molar-refractivity contribution >= 4 is 22.7 Å². The third kappa shape index (κ3) is 3.17. The molecule has 1 aliphatic rings. The molecule has 0 aliphatic carbocycles. The number of benzene rings is 1. The summed E-state index contributed by atoms with van der Waals surface area (Å²) in [5.74, 6) is 0.686. The van der Waals surface area contributed by atoms with Crippen LogP contribution in [-0.2, 0) is 0 Å². The maximum absolute atomic E-state index is 13.1. The highest BCUT2D eigenvalue weighted by Gasteiger charge is 2.23. The average Bonchev–Trinajstić information content (AvgIpc) is 3.34. The van der Waals surface area contributed by atoms with Gasteiger partial charge in [-0.2, -0.15) is 0 Å². The molecule has 1 fully saturated rings. The van der Waals surface area contributed by atoms with Crippen LogP contribution in [0.1, 0.15) is 23.3 Å². The Bertz CT molecular complexity index is 1200. The number of hydrogen-bond acceptors (Lipinski definition) is 5. The fraction of sp³-hybridized carbons (Fsp3) is 0.318. The number of nitrogens with zero attached hydrogens (tertiary/aromatic N) is 5. The molecule has 29 heavy (non-hydrogen) atoms. The number of fused-ring (bicyclic) bond motifs is 2. The van der Waals surface area contributed by atoms with Crippen LogP contribution in [0, 0.1) is 6.92 Å². The van der Waals surface area contributed by atoms with Gasteiger partial charge in [0.05, 0.1) is 6.20 Å². The van der Waals surface area contributed by atoms with E-state index in [0.717, 1.165) is 60.6 Å². The lowest BCUT2D eigenvalue weighted by atomic mass is 10.1. The predicted octanol–water partition coefficient (Wildman–Crippen LogP) is 3.23. The van der Waals surface area contributed by atoms with Crippen LogP contribution in [0.2, 0.25) is 0 Å². The molecule has 4 aromatic rings. The van der Waals surface area contributed by atoms with E-state index in [2.05, 4.69) is 21.8 Å². The van der Waals surface area contributed by atoms with Crippen LogP contribution in [0.3, 0.4) is 0 Å². The number of likely N-dealkylation sites (N-methyl/N-ethyl adjacent to an activating group) is 1. The van der Waals surface area contributed by atoms with Gasteiger partial charge >= 0.3 is 0 Å². The summed E-state index contributed by atoms with van der Waals surface area (Å²) in [4.78, 5) is 26.3. The smallest absolute Gasteiger partial charge is 0.272 e. The molecule has 4 heterocycles. The van der Waals surface area contributed by atoms with Crippen molar-refractivity contribution in [3.63, 3.8) is 0 Å². The van der Waals surface area contributed by atoms with Crippen molar-refractivity contribution in [2.75, 3.05) is 32.7 Å². The summed E-state index contributed by atoms with van der Waals surface area (Å²) < 4.78 is 7.46. The molecule has 5 rings (SSSR count). The van der Waals surface area contributed by atoms with Crippen molar-refractivity contribution in [2.45, 2.75) is 13.8 Å². The molecular weight excluding hydrogens is 366 g/mol. The third-order valence-corrected chi connectivity index (χ3v) is 5.66. The Labute approximate surface area is 168 Å². The number of pyridine rings is 1. The van der Waals surface area contributed by atoms with Gasteiger partial charge in [0.1, 0.15) is 16.9 Å². The number of hydrogen-bond donors (Lipinski definition) is 0. The van der Waals surface area contributed by atoms with Gasteiger partial charge in [-0.15, -0.1) is 0 Å². The zero-order valence-corrected chi connectivity index (χ0v) is 16.6. The first kappa shape index (κ1) is 17.9. The molecule has 0 unspecified atom stereocenters. The average molecular weight is 389 g/mol. The minimum atomic E-state index is 0.0352. The van der Waals surface area contributed by atoms with Crippen molar-refractivity contribution in [1.29, 1.82) is 0 Å². The van der Waals surface area contributed by atoms with Gasteiger partial charge in [-0.1, -0.05) is 13.0 Å². The van der Waals surface area contributed by atoms with E-state index in [-0.39, 0.29) is 5.91 Å². The van der Waals surface area contributed by atoms with E-state index in [1.54, 1.807) is 6.20 Å². The van der Waals surface area contributed by atoms with Gasteiger partial charge in [-0.3, -0.25) is 9.20 Å². The largest absolute Gasteiger partial charge is 0.441 e. The summed E-state index contributed by atoms with van der Waals surface area (Å²) >= 11 is 0. The normalized spacial score (nSPS) is 15.4. The molecule has 0 N–H and O–H groups in total. The molecule has 1 aromatic carbocycles. The Morgan fingerprint density at radius 3 is 2.69 bits per heavy atom. The quantitative estimate of drug-likeness (QED) is 0.538. The topological polar surface area (TPSA) is 66.9 Å². The number of amides is 1. The van der Waals surface area contributed by atoms with E-state index in [1.807, 2.05) is 52.8 Å². The first-order valence-electron chi connectivity index (χ1n) is 9.98.